The molecule has 1 aliphatic carbocycles. The van der Waals surface area contributed by atoms with Crippen molar-refractivity contribution < 1.29 is 18.8 Å². The fraction of sp³-hybridized carbons (Fsp3) is 0.722. The zero-order valence-corrected chi connectivity index (χ0v) is 15.1. The van der Waals surface area contributed by atoms with Gasteiger partial charge in [-0.05, 0) is 40.5 Å². The summed E-state index contributed by atoms with van der Waals surface area (Å²) >= 11 is 0. The molecular weight excluding hydrogens is 308 g/mol. The third-order valence-corrected chi connectivity index (χ3v) is 4.80. The summed E-state index contributed by atoms with van der Waals surface area (Å²) in [5, 5.41) is 3.94. The number of nitrogens with zero attached hydrogens (tertiary/aromatic N) is 2. The van der Waals surface area contributed by atoms with Gasteiger partial charge in [-0.25, -0.2) is 0 Å². The van der Waals surface area contributed by atoms with Crippen LogP contribution in [0.1, 0.15) is 68.9 Å². The van der Waals surface area contributed by atoms with Crippen LogP contribution in [0, 0.1) is 13.8 Å². The van der Waals surface area contributed by atoms with E-state index in [-0.39, 0.29) is 30.4 Å². The van der Waals surface area contributed by atoms with E-state index in [4.69, 9.17) is 9.26 Å². The Kier molecular flexibility index (Phi) is 6.40. The highest BCUT2D eigenvalue weighted by Gasteiger charge is 2.33. The Balaban J connectivity index is 2.20. The minimum atomic E-state index is -0.382. The van der Waals surface area contributed by atoms with Crippen LogP contribution in [0.5, 0.6) is 0 Å². The molecule has 6 heteroatoms. The van der Waals surface area contributed by atoms with Crippen LogP contribution in [0.3, 0.4) is 0 Å². The van der Waals surface area contributed by atoms with E-state index in [1.165, 1.54) is 6.42 Å². The number of carbonyl (C=O) groups is 2. The molecule has 0 aliphatic heterocycles. The molecule has 0 N–H and O–H groups in total. The number of esters is 1. The molecule has 0 spiro atoms. The minimum absolute atomic E-state index is 0.0189. The minimum Gasteiger partial charge on any atom is -0.465 e. The van der Waals surface area contributed by atoms with Crippen molar-refractivity contribution in [1.82, 2.24) is 10.1 Å². The molecular formula is C18H28N2O4. The Bertz CT molecular complexity index is 556. The molecule has 0 unspecified atom stereocenters. The molecule has 0 aromatic carbocycles. The van der Waals surface area contributed by atoms with Crippen LogP contribution in [0.25, 0.3) is 0 Å². The van der Waals surface area contributed by atoms with E-state index in [1.54, 1.807) is 11.8 Å². The summed E-state index contributed by atoms with van der Waals surface area (Å²) in [6.45, 7) is 7.63. The van der Waals surface area contributed by atoms with Gasteiger partial charge in [0.1, 0.15) is 12.3 Å². The van der Waals surface area contributed by atoms with Gasteiger partial charge in [-0.3, -0.25) is 9.59 Å². The molecule has 1 amide bonds. The van der Waals surface area contributed by atoms with E-state index in [0.29, 0.717) is 12.4 Å². The highest BCUT2D eigenvalue weighted by Crippen LogP contribution is 2.29. The van der Waals surface area contributed by atoms with E-state index in [9.17, 15) is 9.59 Å². The van der Waals surface area contributed by atoms with Crippen LogP contribution in [-0.4, -0.2) is 41.1 Å². The fourth-order valence-electron chi connectivity index (χ4n) is 3.61. The van der Waals surface area contributed by atoms with Gasteiger partial charge in [0.25, 0.3) is 0 Å². The van der Waals surface area contributed by atoms with Crippen molar-refractivity contribution in [2.45, 2.75) is 71.8 Å². The van der Waals surface area contributed by atoms with E-state index >= 15 is 0 Å². The van der Waals surface area contributed by atoms with Gasteiger partial charge in [0.05, 0.1) is 18.2 Å². The van der Waals surface area contributed by atoms with Crippen molar-refractivity contribution in [3.63, 3.8) is 0 Å². The van der Waals surface area contributed by atoms with E-state index in [2.05, 4.69) is 5.16 Å². The monoisotopic (exact) mass is 336 g/mol. The van der Waals surface area contributed by atoms with Crippen LogP contribution in [0.2, 0.25) is 0 Å². The first-order chi connectivity index (χ1) is 11.5. The summed E-state index contributed by atoms with van der Waals surface area (Å²) in [6, 6.07) is 0.110. The highest BCUT2D eigenvalue weighted by atomic mass is 16.5. The van der Waals surface area contributed by atoms with Gasteiger partial charge in [-0.2, -0.15) is 0 Å². The molecule has 2 rings (SSSR count). The lowest BCUT2D eigenvalue weighted by molar-refractivity contribution is -0.151. The van der Waals surface area contributed by atoms with Gasteiger partial charge in [-0.15, -0.1) is 0 Å². The van der Waals surface area contributed by atoms with Crippen molar-refractivity contribution in [3.8, 4) is 0 Å². The molecule has 1 heterocycles. The lowest BCUT2D eigenvalue weighted by atomic mass is 9.91. The first-order valence-corrected chi connectivity index (χ1v) is 8.84. The summed E-state index contributed by atoms with van der Waals surface area (Å²) < 4.78 is 10.3. The summed E-state index contributed by atoms with van der Waals surface area (Å²) in [4.78, 5) is 26.8. The van der Waals surface area contributed by atoms with Crippen molar-refractivity contribution in [1.29, 1.82) is 0 Å². The largest absolute Gasteiger partial charge is 0.465 e. The van der Waals surface area contributed by atoms with Crippen LogP contribution < -0.4 is 0 Å². The van der Waals surface area contributed by atoms with E-state index in [1.807, 2.05) is 20.8 Å². The molecule has 1 aromatic rings. The Labute approximate surface area is 143 Å². The van der Waals surface area contributed by atoms with Gasteiger partial charge in [0.15, 0.2) is 0 Å². The zero-order valence-electron chi connectivity index (χ0n) is 15.1. The number of carbonyl (C=O) groups excluding carboxylic acids is 2. The average molecular weight is 336 g/mol. The number of aromatic nitrogens is 1. The molecule has 134 valence electrons. The maximum absolute atomic E-state index is 13.1. The second-order valence-electron chi connectivity index (χ2n) is 6.52. The first kappa shape index (κ1) is 18.5. The van der Waals surface area contributed by atoms with E-state index in [0.717, 1.165) is 36.9 Å². The quantitative estimate of drug-likeness (QED) is 0.746. The summed E-state index contributed by atoms with van der Waals surface area (Å²) in [7, 11) is 0. The molecule has 6 nitrogen and oxygen atoms in total. The van der Waals surface area contributed by atoms with Gasteiger partial charge in [0.2, 0.25) is 5.91 Å². The molecule has 1 fully saturated rings. The van der Waals surface area contributed by atoms with Crippen molar-refractivity contribution in [3.05, 3.63) is 17.0 Å². The van der Waals surface area contributed by atoms with Crippen LogP contribution in [-0.2, 0) is 14.3 Å². The molecule has 0 saturated heterocycles. The zero-order chi connectivity index (χ0) is 17.7. The normalized spacial score (nSPS) is 16.7. The second-order valence-corrected chi connectivity index (χ2v) is 6.52. The van der Waals surface area contributed by atoms with Crippen molar-refractivity contribution >= 4 is 11.9 Å². The summed E-state index contributed by atoms with van der Waals surface area (Å²) in [6.07, 6.45) is 5.27. The highest BCUT2D eigenvalue weighted by molar-refractivity contribution is 5.87. The van der Waals surface area contributed by atoms with Crippen molar-refractivity contribution in [2.75, 3.05) is 13.2 Å². The maximum Gasteiger partial charge on any atom is 0.325 e. The number of amides is 1. The molecule has 1 aliphatic rings. The van der Waals surface area contributed by atoms with Crippen molar-refractivity contribution in [2.24, 2.45) is 0 Å². The average Bonchev–Trinajstić information content (AvgIpc) is 2.91. The number of ether oxygens (including phenoxy) is 1. The number of hydrogen-bond acceptors (Lipinski definition) is 5. The predicted octanol–water partition coefficient (Wildman–Crippen LogP) is 3.12. The molecule has 0 bridgehead atoms. The Morgan fingerprint density at radius 1 is 1.29 bits per heavy atom. The standard InChI is InChI=1S/C18H28N2O4/c1-5-23-16(21)11-20(15-9-7-6-8-10-15)18(22)12(2)17-13(3)19-24-14(17)4/h12,15H,5-11H2,1-4H3/t12-/m0/s1. The molecule has 1 saturated carbocycles. The Morgan fingerprint density at radius 3 is 2.50 bits per heavy atom. The third kappa shape index (κ3) is 4.16. The van der Waals surface area contributed by atoms with Gasteiger partial charge < -0.3 is 14.2 Å². The predicted molar refractivity (Wildman–Crippen MR) is 89.6 cm³/mol. The summed E-state index contributed by atoms with van der Waals surface area (Å²) in [5.41, 5.74) is 1.55. The number of hydrogen-bond donors (Lipinski definition) is 0. The Morgan fingerprint density at radius 2 is 1.96 bits per heavy atom. The van der Waals surface area contributed by atoms with Crippen LogP contribution in [0.4, 0.5) is 0 Å². The van der Waals surface area contributed by atoms with Gasteiger partial charge >= 0.3 is 5.97 Å². The lowest BCUT2D eigenvalue weighted by Gasteiger charge is -2.35. The number of rotatable bonds is 6. The Hall–Kier alpha value is -1.85. The maximum atomic E-state index is 13.1. The first-order valence-electron chi connectivity index (χ1n) is 8.84. The summed E-state index contributed by atoms with van der Waals surface area (Å²) in [5.74, 6) is -0.118. The van der Waals surface area contributed by atoms with E-state index < -0.39 is 0 Å². The second kappa shape index (κ2) is 8.31. The molecule has 24 heavy (non-hydrogen) atoms. The van der Waals surface area contributed by atoms with Crippen LogP contribution in [0.15, 0.2) is 4.52 Å². The van der Waals surface area contributed by atoms with Gasteiger partial charge in [0, 0.05) is 11.6 Å². The van der Waals surface area contributed by atoms with Gasteiger partial charge in [-0.1, -0.05) is 24.4 Å². The topological polar surface area (TPSA) is 72.6 Å². The molecule has 1 aromatic heterocycles. The molecule has 1 atom stereocenters. The number of aryl methyl sites for hydroxylation is 2. The smallest absolute Gasteiger partial charge is 0.325 e. The third-order valence-electron chi connectivity index (χ3n) is 4.80. The SMILES string of the molecule is CCOC(=O)CN(C(=O)[C@@H](C)c1c(C)noc1C)C1CCCCC1. The molecule has 0 radical (unpaired) electrons. The van der Waals surface area contributed by atoms with Crippen LogP contribution >= 0.6 is 0 Å². The fourth-order valence-corrected chi connectivity index (χ4v) is 3.61. The lowest BCUT2D eigenvalue weighted by Crippen LogP contribution is -2.46.